The van der Waals surface area contributed by atoms with Crippen LogP contribution in [0.25, 0.3) is 0 Å². The highest BCUT2D eigenvalue weighted by molar-refractivity contribution is 6.30. The molecule has 0 aromatic heterocycles. The monoisotopic (exact) mass is 336 g/mol. The molecule has 1 amide bonds. The Morgan fingerprint density at radius 2 is 1.96 bits per heavy atom. The molecule has 1 fully saturated rings. The zero-order valence-corrected chi connectivity index (χ0v) is 13.8. The number of ether oxygens (including phenoxy) is 1. The molecular weight excluding hydrogens is 316 g/mol. The zero-order valence-electron chi connectivity index (χ0n) is 13.1. The fraction of sp³-hybridized carbons (Fsp3) is 0.529. The van der Waals surface area contributed by atoms with Gasteiger partial charge < -0.3 is 14.5 Å². The number of ketones is 1. The first-order valence-corrected chi connectivity index (χ1v) is 8.61. The molecule has 124 valence electrons. The van der Waals surface area contributed by atoms with Crippen LogP contribution in [0.1, 0.15) is 29.6 Å². The number of Topliss-reactive ketones (excluding diaryl/α,β-unsaturated/α-hetero) is 1. The summed E-state index contributed by atoms with van der Waals surface area (Å²) in [4.78, 5) is 28.2. The molecule has 0 unspecified atom stereocenters. The molecule has 3 rings (SSSR count). The Kier molecular flexibility index (Phi) is 5.18. The van der Waals surface area contributed by atoms with Gasteiger partial charge in [0.05, 0.1) is 11.6 Å². The van der Waals surface area contributed by atoms with E-state index in [1.54, 1.807) is 23.1 Å². The SMILES string of the molecule is O=C(CCl)c1ccc2c(c1)N(CCN1CCCCC1)C(=O)CO2. The number of hydrogen-bond acceptors (Lipinski definition) is 4. The molecule has 1 saturated heterocycles. The number of nitrogens with zero attached hydrogens (tertiary/aromatic N) is 2. The third kappa shape index (κ3) is 3.67. The molecule has 6 heteroatoms. The van der Waals surface area contributed by atoms with Crippen LogP contribution in [0.3, 0.4) is 0 Å². The number of anilines is 1. The Morgan fingerprint density at radius 3 is 2.70 bits per heavy atom. The topological polar surface area (TPSA) is 49.9 Å². The van der Waals surface area contributed by atoms with E-state index in [1.807, 2.05) is 0 Å². The van der Waals surface area contributed by atoms with Crippen molar-refractivity contribution in [2.24, 2.45) is 0 Å². The average Bonchev–Trinajstić information content (AvgIpc) is 2.60. The maximum absolute atomic E-state index is 12.3. The van der Waals surface area contributed by atoms with E-state index in [1.165, 1.54) is 19.3 Å². The maximum Gasteiger partial charge on any atom is 0.265 e. The van der Waals surface area contributed by atoms with E-state index >= 15 is 0 Å². The van der Waals surface area contributed by atoms with Crippen LogP contribution in [0.5, 0.6) is 5.75 Å². The van der Waals surface area contributed by atoms with Crippen molar-refractivity contribution in [1.29, 1.82) is 0 Å². The van der Waals surface area contributed by atoms with Gasteiger partial charge in [0, 0.05) is 18.7 Å². The Morgan fingerprint density at radius 1 is 1.17 bits per heavy atom. The Balaban J connectivity index is 1.77. The van der Waals surface area contributed by atoms with Crippen molar-refractivity contribution in [3.05, 3.63) is 23.8 Å². The summed E-state index contributed by atoms with van der Waals surface area (Å²) < 4.78 is 5.48. The molecule has 2 heterocycles. The maximum atomic E-state index is 12.3. The van der Waals surface area contributed by atoms with Crippen LogP contribution in [0.2, 0.25) is 0 Å². The van der Waals surface area contributed by atoms with Crippen LogP contribution >= 0.6 is 11.6 Å². The second-order valence-corrected chi connectivity index (χ2v) is 6.24. The normalized spacial score (nSPS) is 18.5. The van der Waals surface area contributed by atoms with Crippen molar-refractivity contribution in [3.63, 3.8) is 0 Å². The Hall–Kier alpha value is -1.59. The number of piperidine rings is 1. The highest BCUT2D eigenvalue weighted by atomic mass is 35.5. The second kappa shape index (κ2) is 7.32. The molecule has 2 aliphatic heterocycles. The predicted molar refractivity (Wildman–Crippen MR) is 89.6 cm³/mol. The van der Waals surface area contributed by atoms with Crippen LogP contribution in [-0.2, 0) is 4.79 Å². The van der Waals surface area contributed by atoms with Crippen LogP contribution in [0, 0.1) is 0 Å². The number of alkyl halides is 1. The van der Waals surface area contributed by atoms with E-state index in [4.69, 9.17) is 16.3 Å². The fourth-order valence-corrected chi connectivity index (χ4v) is 3.28. The molecule has 0 atom stereocenters. The smallest absolute Gasteiger partial charge is 0.265 e. The van der Waals surface area contributed by atoms with Crippen LogP contribution in [0.4, 0.5) is 5.69 Å². The number of carbonyl (C=O) groups is 2. The van der Waals surface area contributed by atoms with Gasteiger partial charge in [0.1, 0.15) is 5.75 Å². The quantitative estimate of drug-likeness (QED) is 0.611. The van der Waals surface area contributed by atoms with Gasteiger partial charge in [-0.05, 0) is 44.1 Å². The van der Waals surface area contributed by atoms with Gasteiger partial charge in [-0.15, -0.1) is 11.6 Å². The summed E-state index contributed by atoms with van der Waals surface area (Å²) in [7, 11) is 0. The van der Waals surface area contributed by atoms with E-state index in [0.717, 1.165) is 19.6 Å². The van der Waals surface area contributed by atoms with Crippen LogP contribution < -0.4 is 9.64 Å². The lowest BCUT2D eigenvalue weighted by Crippen LogP contribution is -2.44. The number of hydrogen-bond donors (Lipinski definition) is 0. The third-order valence-corrected chi connectivity index (χ3v) is 4.68. The number of fused-ring (bicyclic) bond motifs is 1. The van der Waals surface area contributed by atoms with Gasteiger partial charge in [-0.3, -0.25) is 9.59 Å². The summed E-state index contributed by atoms with van der Waals surface area (Å²) in [6.07, 6.45) is 3.74. The van der Waals surface area contributed by atoms with Crippen molar-refractivity contribution in [2.75, 3.05) is 43.6 Å². The average molecular weight is 337 g/mol. The summed E-state index contributed by atoms with van der Waals surface area (Å²) in [5, 5.41) is 0. The Bertz CT molecular complexity index is 600. The minimum atomic E-state index is -0.150. The molecule has 23 heavy (non-hydrogen) atoms. The number of rotatable bonds is 5. The second-order valence-electron chi connectivity index (χ2n) is 5.98. The van der Waals surface area contributed by atoms with Crippen LogP contribution in [0.15, 0.2) is 18.2 Å². The summed E-state index contributed by atoms with van der Waals surface area (Å²) in [6.45, 7) is 3.70. The molecule has 0 N–H and O–H groups in total. The standard InChI is InChI=1S/C17H21ClN2O3/c18-11-15(21)13-4-5-16-14(10-13)20(17(22)12-23-16)9-8-19-6-2-1-3-7-19/h4-5,10H,1-3,6-9,11-12H2. The van der Waals surface area contributed by atoms with Crippen LogP contribution in [-0.4, -0.2) is 55.3 Å². The molecule has 1 aromatic rings. The van der Waals surface area contributed by atoms with Gasteiger partial charge in [-0.25, -0.2) is 0 Å². The molecule has 0 radical (unpaired) electrons. The number of carbonyl (C=O) groups excluding carboxylic acids is 2. The molecule has 0 saturated carbocycles. The molecular formula is C17H21ClN2O3. The number of amides is 1. The van der Waals surface area contributed by atoms with Crippen molar-refractivity contribution in [2.45, 2.75) is 19.3 Å². The zero-order chi connectivity index (χ0) is 16.2. The van der Waals surface area contributed by atoms with E-state index in [0.29, 0.717) is 23.5 Å². The molecule has 0 aliphatic carbocycles. The van der Waals surface area contributed by atoms with Crippen molar-refractivity contribution in [3.8, 4) is 5.75 Å². The van der Waals surface area contributed by atoms with Gasteiger partial charge in [0.2, 0.25) is 0 Å². The highest BCUT2D eigenvalue weighted by Gasteiger charge is 2.27. The highest BCUT2D eigenvalue weighted by Crippen LogP contribution is 2.33. The van der Waals surface area contributed by atoms with Gasteiger partial charge in [0.15, 0.2) is 12.4 Å². The van der Waals surface area contributed by atoms with E-state index in [9.17, 15) is 9.59 Å². The molecule has 5 nitrogen and oxygen atoms in total. The fourth-order valence-electron chi connectivity index (χ4n) is 3.12. The van der Waals surface area contributed by atoms with E-state index in [-0.39, 0.29) is 24.2 Å². The van der Waals surface area contributed by atoms with E-state index < -0.39 is 0 Å². The molecule has 1 aromatic carbocycles. The van der Waals surface area contributed by atoms with Crippen molar-refractivity contribution in [1.82, 2.24) is 4.90 Å². The lowest BCUT2D eigenvalue weighted by molar-refractivity contribution is -0.121. The number of halogens is 1. The summed E-state index contributed by atoms with van der Waals surface area (Å²) in [6, 6.07) is 5.16. The molecule has 0 bridgehead atoms. The van der Waals surface area contributed by atoms with Crippen molar-refractivity contribution >= 4 is 29.0 Å². The van der Waals surface area contributed by atoms with Gasteiger partial charge >= 0.3 is 0 Å². The summed E-state index contributed by atoms with van der Waals surface area (Å²) >= 11 is 5.63. The van der Waals surface area contributed by atoms with Gasteiger partial charge in [0.25, 0.3) is 5.91 Å². The summed E-state index contributed by atoms with van der Waals surface area (Å²) in [5.41, 5.74) is 1.19. The number of benzene rings is 1. The third-order valence-electron chi connectivity index (χ3n) is 4.43. The lowest BCUT2D eigenvalue weighted by Gasteiger charge is -2.33. The first-order chi connectivity index (χ1) is 11.2. The summed E-state index contributed by atoms with van der Waals surface area (Å²) in [5.74, 6) is 0.365. The lowest BCUT2D eigenvalue weighted by atomic mass is 10.1. The first-order valence-electron chi connectivity index (χ1n) is 8.08. The number of likely N-dealkylation sites (tertiary alicyclic amines) is 1. The minimum Gasteiger partial charge on any atom is -0.482 e. The molecule has 0 spiro atoms. The van der Waals surface area contributed by atoms with Gasteiger partial charge in [-0.1, -0.05) is 6.42 Å². The Labute approximate surface area is 141 Å². The van der Waals surface area contributed by atoms with Gasteiger partial charge in [-0.2, -0.15) is 0 Å². The largest absolute Gasteiger partial charge is 0.482 e. The minimum absolute atomic E-state index is 0.0514. The predicted octanol–water partition coefficient (Wildman–Crippen LogP) is 2.32. The van der Waals surface area contributed by atoms with Crippen molar-refractivity contribution < 1.29 is 14.3 Å². The molecule has 2 aliphatic rings. The van der Waals surface area contributed by atoms with E-state index in [2.05, 4.69) is 4.90 Å². The first kappa shape index (κ1) is 16.3.